The molecule has 2 rings (SSSR count). The molecule has 2 fully saturated rings. The Hall–Kier alpha value is -0.520. The standard InChI is InChI=1S/C19H30/c1-3-5-7-17-10-14-19(15-11-17)18-12-8-16(6-4-2)9-13-18/h4-7,17-18H,3,8-15H2,1-2H3/b6-4+,7-5+. The van der Waals surface area contributed by atoms with Crippen LogP contribution in [0.5, 0.6) is 0 Å². The lowest BCUT2D eigenvalue weighted by Crippen LogP contribution is -2.23. The van der Waals surface area contributed by atoms with E-state index >= 15 is 0 Å². The van der Waals surface area contributed by atoms with Crippen LogP contribution in [0.1, 0.15) is 71.6 Å². The molecule has 0 bridgehead atoms. The van der Waals surface area contributed by atoms with Crippen LogP contribution in [0.25, 0.3) is 0 Å². The average molecular weight is 258 g/mol. The summed E-state index contributed by atoms with van der Waals surface area (Å²) in [5.74, 6) is 5.40. The van der Waals surface area contributed by atoms with E-state index in [1.54, 1.807) is 5.92 Å². The van der Waals surface area contributed by atoms with E-state index in [-0.39, 0.29) is 0 Å². The van der Waals surface area contributed by atoms with Crippen molar-refractivity contribution in [3.05, 3.63) is 36.1 Å². The van der Waals surface area contributed by atoms with Crippen LogP contribution in [0.2, 0.25) is 0 Å². The zero-order chi connectivity index (χ0) is 13.5. The van der Waals surface area contributed by atoms with Crippen LogP contribution in [0.3, 0.4) is 0 Å². The van der Waals surface area contributed by atoms with Gasteiger partial charge in [0.2, 0.25) is 0 Å². The second-order valence-corrected chi connectivity index (χ2v) is 6.26. The Morgan fingerprint density at radius 2 is 1.68 bits per heavy atom. The fourth-order valence-corrected chi connectivity index (χ4v) is 3.74. The summed E-state index contributed by atoms with van der Waals surface area (Å²) in [6.45, 7) is 4.37. The van der Waals surface area contributed by atoms with E-state index in [4.69, 9.17) is 0 Å². The van der Waals surface area contributed by atoms with Crippen LogP contribution in [0.4, 0.5) is 0 Å². The topological polar surface area (TPSA) is 0 Å². The number of hydrogen-bond donors (Lipinski definition) is 0. The molecular weight excluding hydrogens is 228 g/mol. The maximum absolute atomic E-state index is 2.47. The molecule has 0 heterocycles. The summed E-state index contributed by atoms with van der Waals surface area (Å²) in [7, 11) is 0. The van der Waals surface area contributed by atoms with Crippen LogP contribution in [-0.4, -0.2) is 0 Å². The van der Waals surface area contributed by atoms with Crippen molar-refractivity contribution in [3.63, 3.8) is 0 Å². The largest absolute Gasteiger partial charge is 0.0911 e. The molecular formula is C19H30. The van der Waals surface area contributed by atoms with Gasteiger partial charge in [0.15, 0.2) is 0 Å². The molecule has 106 valence electrons. The molecule has 0 aromatic heterocycles. The minimum Gasteiger partial charge on any atom is -0.0911 e. The highest BCUT2D eigenvalue weighted by atomic mass is 14.3. The third-order valence-corrected chi connectivity index (χ3v) is 4.92. The van der Waals surface area contributed by atoms with Gasteiger partial charge in [0.05, 0.1) is 0 Å². The summed E-state index contributed by atoms with van der Waals surface area (Å²) in [5, 5.41) is 0. The summed E-state index contributed by atoms with van der Waals surface area (Å²) in [4.78, 5) is 0. The first kappa shape index (κ1) is 14.9. The molecule has 2 saturated carbocycles. The second-order valence-electron chi connectivity index (χ2n) is 6.26. The van der Waals surface area contributed by atoms with Crippen LogP contribution < -0.4 is 0 Å². The molecule has 0 atom stereocenters. The van der Waals surface area contributed by atoms with E-state index in [1.807, 2.05) is 5.92 Å². The van der Waals surface area contributed by atoms with Crippen molar-refractivity contribution in [1.29, 1.82) is 0 Å². The maximum atomic E-state index is 2.47. The van der Waals surface area contributed by atoms with Crippen molar-refractivity contribution in [1.82, 2.24) is 0 Å². The Kier molecular flexibility index (Phi) is 6.20. The predicted molar refractivity (Wildman–Crippen MR) is 84.6 cm³/mol. The van der Waals surface area contributed by atoms with Crippen molar-refractivity contribution in [2.75, 3.05) is 0 Å². The van der Waals surface area contributed by atoms with E-state index in [1.165, 1.54) is 57.8 Å². The lowest BCUT2D eigenvalue weighted by molar-refractivity contribution is 0.320. The minimum absolute atomic E-state index is 0.873. The molecule has 0 N–H and O–H groups in total. The van der Waals surface area contributed by atoms with Crippen LogP contribution >= 0.6 is 0 Å². The maximum Gasteiger partial charge on any atom is -0.00272 e. The Morgan fingerprint density at radius 3 is 2.26 bits per heavy atom. The Balaban J connectivity index is 1.72. The van der Waals surface area contributed by atoms with Crippen molar-refractivity contribution < 1.29 is 0 Å². The molecule has 0 amide bonds. The lowest BCUT2D eigenvalue weighted by atomic mass is 9.69. The van der Waals surface area contributed by atoms with Gasteiger partial charge in [-0.25, -0.2) is 0 Å². The fraction of sp³-hybridized carbons (Fsp3) is 0.684. The minimum atomic E-state index is 0.873. The quantitative estimate of drug-likeness (QED) is 0.538. The van der Waals surface area contributed by atoms with E-state index in [0.717, 1.165) is 11.8 Å². The van der Waals surface area contributed by atoms with Gasteiger partial charge in [0, 0.05) is 0 Å². The van der Waals surface area contributed by atoms with Crippen LogP contribution in [0, 0.1) is 23.7 Å². The van der Waals surface area contributed by atoms with Gasteiger partial charge < -0.3 is 0 Å². The molecule has 0 unspecified atom stereocenters. The Bertz CT molecular complexity index is 283. The van der Waals surface area contributed by atoms with Gasteiger partial charge in [0.1, 0.15) is 0 Å². The molecule has 0 aromatic carbocycles. The van der Waals surface area contributed by atoms with Crippen molar-refractivity contribution in [3.8, 4) is 0 Å². The van der Waals surface area contributed by atoms with Crippen LogP contribution in [-0.2, 0) is 0 Å². The monoisotopic (exact) mass is 258 g/mol. The third-order valence-electron chi connectivity index (χ3n) is 4.92. The summed E-state index contributed by atoms with van der Waals surface area (Å²) < 4.78 is 0. The van der Waals surface area contributed by atoms with E-state index < -0.39 is 0 Å². The third kappa shape index (κ3) is 4.51. The fourth-order valence-electron chi connectivity index (χ4n) is 3.74. The lowest BCUT2D eigenvalue weighted by Gasteiger charge is -2.36. The molecule has 2 aliphatic carbocycles. The Morgan fingerprint density at radius 1 is 1.00 bits per heavy atom. The van der Waals surface area contributed by atoms with E-state index in [9.17, 15) is 0 Å². The molecule has 2 aliphatic rings. The molecule has 0 heteroatoms. The van der Waals surface area contributed by atoms with Crippen molar-refractivity contribution >= 4 is 0 Å². The van der Waals surface area contributed by atoms with Gasteiger partial charge in [-0.3, -0.25) is 0 Å². The first-order chi connectivity index (χ1) is 9.33. The van der Waals surface area contributed by atoms with Crippen LogP contribution in [0.15, 0.2) is 24.3 Å². The van der Waals surface area contributed by atoms with Gasteiger partial charge >= 0.3 is 0 Å². The molecule has 19 heavy (non-hydrogen) atoms. The molecule has 0 spiro atoms. The zero-order valence-corrected chi connectivity index (χ0v) is 12.8. The number of hydrogen-bond acceptors (Lipinski definition) is 0. The smallest absolute Gasteiger partial charge is 0.00272 e. The summed E-state index contributed by atoms with van der Waals surface area (Å²) >= 11 is 0. The van der Waals surface area contributed by atoms with E-state index in [0.29, 0.717) is 0 Å². The highest BCUT2D eigenvalue weighted by Gasteiger charge is 2.30. The van der Waals surface area contributed by atoms with Crippen molar-refractivity contribution in [2.45, 2.75) is 71.6 Å². The van der Waals surface area contributed by atoms with Gasteiger partial charge in [-0.15, -0.1) is 0 Å². The molecule has 0 nitrogen and oxygen atoms in total. The van der Waals surface area contributed by atoms with Gasteiger partial charge in [-0.1, -0.05) is 31.2 Å². The number of rotatable bonds is 4. The van der Waals surface area contributed by atoms with Gasteiger partial charge in [-0.05, 0) is 88.4 Å². The molecule has 0 saturated heterocycles. The van der Waals surface area contributed by atoms with Gasteiger partial charge in [-0.2, -0.15) is 0 Å². The summed E-state index contributed by atoms with van der Waals surface area (Å²) in [5.41, 5.74) is 0. The number of allylic oxidation sites excluding steroid dienone is 4. The normalized spacial score (nSPS) is 25.8. The first-order valence-electron chi connectivity index (χ1n) is 8.32. The molecule has 0 aromatic rings. The van der Waals surface area contributed by atoms with Crippen molar-refractivity contribution in [2.24, 2.45) is 11.8 Å². The first-order valence-corrected chi connectivity index (χ1v) is 8.32. The molecule has 0 aliphatic heterocycles. The van der Waals surface area contributed by atoms with E-state index in [2.05, 4.69) is 38.2 Å². The molecule has 2 radical (unpaired) electrons. The average Bonchev–Trinajstić information content (AvgIpc) is 2.47. The highest BCUT2D eigenvalue weighted by molar-refractivity contribution is 5.14. The summed E-state index contributed by atoms with van der Waals surface area (Å²) in [6.07, 6.45) is 21.7. The SMILES string of the molecule is C/C=C/[C]1CCC([C]2CCC(/C=C/CC)CC2)CC1. The zero-order valence-electron chi connectivity index (χ0n) is 12.8. The Labute approximate surface area is 120 Å². The summed E-state index contributed by atoms with van der Waals surface area (Å²) in [6, 6.07) is 0. The van der Waals surface area contributed by atoms with Gasteiger partial charge in [0.25, 0.3) is 0 Å². The predicted octanol–water partition coefficient (Wildman–Crippen LogP) is 6.06. The second kappa shape index (κ2) is 7.92. The highest BCUT2D eigenvalue weighted by Crippen LogP contribution is 2.43.